The third-order valence-corrected chi connectivity index (χ3v) is 2.82. The molecule has 0 aromatic carbocycles. The molecule has 0 fully saturated rings. The second-order valence-electron chi connectivity index (χ2n) is 4.27. The summed E-state index contributed by atoms with van der Waals surface area (Å²) in [5.41, 5.74) is -1.13. The Balaban J connectivity index is 2.58. The van der Waals surface area contributed by atoms with Crippen molar-refractivity contribution in [3.8, 4) is 0 Å². The summed E-state index contributed by atoms with van der Waals surface area (Å²) in [5, 5.41) is 9.36. The first-order chi connectivity index (χ1) is 9.82. The molecule has 2 aromatic heterocycles. The molecule has 8 heteroatoms. The maximum Gasteiger partial charge on any atom is 0.433 e. The third kappa shape index (κ3) is 3.27. The molecule has 0 aliphatic carbocycles. The lowest BCUT2D eigenvalue weighted by Gasteiger charge is -2.09. The lowest BCUT2D eigenvalue weighted by molar-refractivity contribution is -0.141. The van der Waals surface area contributed by atoms with Crippen LogP contribution < -0.4 is 0 Å². The van der Waals surface area contributed by atoms with Gasteiger partial charge in [-0.2, -0.15) is 13.2 Å². The van der Waals surface area contributed by atoms with Crippen LogP contribution in [-0.2, 0) is 17.3 Å². The van der Waals surface area contributed by atoms with Crippen molar-refractivity contribution in [2.24, 2.45) is 0 Å². The van der Waals surface area contributed by atoms with Crippen LogP contribution in [0.15, 0.2) is 18.2 Å². The third-order valence-electron chi connectivity index (χ3n) is 2.82. The number of methoxy groups -OCH3 is 1. The van der Waals surface area contributed by atoms with Gasteiger partial charge in [0.2, 0.25) is 0 Å². The van der Waals surface area contributed by atoms with E-state index in [0.29, 0.717) is 0 Å². The standard InChI is InChI=1S/C13H11F3N2O3/c1-21-5-4-9-8(12(19)20)6-7-2-3-10(13(14,15)16)18-11(7)17-9/h2-3,6H,4-5H2,1H3,(H,19,20). The fraction of sp³-hybridized carbons (Fsp3) is 0.308. The van der Waals surface area contributed by atoms with Crippen LogP contribution in [0, 0.1) is 0 Å². The first-order valence-corrected chi connectivity index (χ1v) is 5.93. The maximum atomic E-state index is 12.6. The molecule has 0 radical (unpaired) electrons. The number of hydrogen-bond donors (Lipinski definition) is 1. The number of fused-ring (bicyclic) bond motifs is 1. The number of carbonyl (C=O) groups is 1. The van der Waals surface area contributed by atoms with Crippen LogP contribution in [0.25, 0.3) is 11.0 Å². The second kappa shape index (κ2) is 5.65. The summed E-state index contributed by atoms with van der Waals surface area (Å²) in [6.45, 7) is 0.206. The summed E-state index contributed by atoms with van der Waals surface area (Å²) in [4.78, 5) is 18.6. The van der Waals surface area contributed by atoms with Crippen molar-refractivity contribution >= 4 is 17.0 Å². The van der Waals surface area contributed by atoms with E-state index in [4.69, 9.17) is 9.84 Å². The van der Waals surface area contributed by atoms with Gasteiger partial charge < -0.3 is 9.84 Å². The molecule has 2 rings (SSSR count). The van der Waals surface area contributed by atoms with Gasteiger partial charge in [-0.15, -0.1) is 0 Å². The molecule has 2 aromatic rings. The molecule has 112 valence electrons. The molecule has 0 unspecified atom stereocenters. The van der Waals surface area contributed by atoms with Gasteiger partial charge in [-0.1, -0.05) is 0 Å². The number of rotatable bonds is 4. The molecule has 0 bridgehead atoms. The van der Waals surface area contributed by atoms with E-state index in [9.17, 15) is 18.0 Å². The van der Waals surface area contributed by atoms with E-state index < -0.39 is 17.8 Å². The Morgan fingerprint density at radius 2 is 2.05 bits per heavy atom. The zero-order valence-electron chi connectivity index (χ0n) is 10.9. The number of aromatic carboxylic acids is 1. The smallest absolute Gasteiger partial charge is 0.433 e. The number of ether oxygens (including phenoxy) is 1. The SMILES string of the molecule is COCCc1nc2nc(C(F)(F)F)ccc2cc1C(=O)O. The van der Waals surface area contributed by atoms with Crippen molar-refractivity contribution in [3.63, 3.8) is 0 Å². The first kappa shape index (κ1) is 15.2. The Labute approximate surface area is 117 Å². The lowest BCUT2D eigenvalue weighted by atomic mass is 10.1. The van der Waals surface area contributed by atoms with Crippen LogP contribution in [0.4, 0.5) is 13.2 Å². The van der Waals surface area contributed by atoms with Gasteiger partial charge in [0.25, 0.3) is 0 Å². The molecule has 21 heavy (non-hydrogen) atoms. The van der Waals surface area contributed by atoms with E-state index in [1.807, 2.05) is 0 Å². The molecular weight excluding hydrogens is 289 g/mol. The summed E-state index contributed by atoms with van der Waals surface area (Å²) in [7, 11) is 1.43. The van der Waals surface area contributed by atoms with Gasteiger partial charge in [-0.3, -0.25) is 0 Å². The van der Waals surface area contributed by atoms with Gasteiger partial charge in [0.05, 0.1) is 17.9 Å². The average molecular weight is 300 g/mol. The Bertz CT molecular complexity index is 686. The molecule has 2 heterocycles. The van der Waals surface area contributed by atoms with Gasteiger partial charge in [0, 0.05) is 18.9 Å². The van der Waals surface area contributed by atoms with Gasteiger partial charge >= 0.3 is 12.1 Å². The van der Waals surface area contributed by atoms with Crippen molar-refractivity contribution in [1.29, 1.82) is 0 Å². The summed E-state index contributed by atoms with van der Waals surface area (Å²) >= 11 is 0. The highest BCUT2D eigenvalue weighted by atomic mass is 19.4. The lowest BCUT2D eigenvalue weighted by Crippen LogP contribution is -2.11. The molecule has 0 aliphatic heterocycles. The second-order valence-corrected chi connectivity index (χ2v) is 4.27. The van der Waals surface area contributed by atoms with Gasteiger partial charge in [-0.25, -0.2) is 14.8 Å². The predicted molar refractivity (Wildman–Crippen MR) is 67.1 cm³/mol. The summed E-state index contributed by atoms with van der Waals surface area (Å²) in [6, 6.07) is 3.22. The number of carboxylic acids is 1. The molecule has 0 saturated heterocycles. The molecule has 0 saturated carbocycles. The van der Waals surface area contributed by atoms with E-state index >= 15 is 0 Å². The minimum Gasteiger partial charge on any atom is -0.478 e. The molecule has 0 spiro atoms. The molecule has 0 atom stereocenters. The van der Waals surface area contributed by atoms with Gasteiger partial charge in [-0.05, 0) is 18.2 Å². The Kier molecular flexibility index (Phi) is 4.08. The molecule has 1 N–H and O–H groups in total. The van der Waals surface area contributed by atoms with Crippen LogP contribution in [0.1, 0.15) is 21.7 Å². The maximum absolute atomic E-state index is 12.6. The zero-order chi connectivity index (χ0) is 15.6. The van der Waals surface area contributed by atoms with Crippen LogP contribution in [0.2, 0.25) is 0 Å². The predicted octanol–water partition coefficient (Wildman–Crippen LogP) is 2.54. The summed E-state index contributed by atoms with van der Waals surface area (Å²) in [6.07, 6.45) is -4.40. The van der Waals surface area contributed by atoms with Crippen molar-refractivity contribution in [1.82, 2.24) is 9.97 Å². The van der Waals surface area contributed by atoms with E-state index in [0.717, 1.165) is 12.1 Å². The molecule has 0 aliphatic rings. The van der Waals surface area contributed by atoms with E-state index in [1.165, 1.54) is 13.2 Å². The van der Waals surface area contributed by atoms with E-state index in [2.05, 4.69) is 9.97 Å². The summed E-state index contributed by atoms with van der Waals surface area (Å²) in [5.74, 6) is -1.20. The fourth-order valence-corrected chi connectivity index (χ4v) is 1.82. The highest BCUT2D eigenvalue weighted by Crippen LogP contribution is 2.29. The van der Waals surface area contributed by atoms with Crippen LogP contribution >= 0.6 is 0 Å². The quantitative estimate of drug-likeness (QED) is 0.939. The minimum atomic E-state index is -4.58. The van der Waals surface area contributed by atoms with Gasteiger partial charge in [0.15, 0.2) is 5.65 Å². The number of carboxylic acid groups (broad SMARTS) is 1. The van der Waals surface area contributed by atoms with Crippen LogP contribution in [0.3, 0.4) is 0 Å². The van der Waals surface area contributed by atoms with E-state index in [-0.39, 0.29) is 35.3 Å². The van der Waals surface area contributed by atoms with Crippen molar-refractivity contribution < 1.29 is 27.8 Å². The van der Waals surface area contributed by atoms with Crippen molar-refractivity contribution in [2.45, 2.75) is 12.6 Å². The normalized spacial score (nSPS) is 11.8. The largest absolute Gasteiger partial charge is 0.478 e. The summed E-state index contributed by atoms with van der Waals surface area (Å²) < 4.78 is 42.7. The van der Waals surface area contributed by atoms with E-state index in [1.54, 1.807) is 0 Å². The number of aromatic nitrogens is 2. The average Bonchev–Trinajstić information content (AvgIpc) is 2.42. The van der Waals surface area contributed by atoms with Gasteiger partial charge in [0.1, 0.15) is 5.69 Å². The highest BCUT2D eigenvalue weighted by molar-refractivity contribution is 5.93. The van der Waals surface area contributed by atoms with Crippen LogP contribution in [0.5, 0.6) is 0 Å². The number of alkyl halides is 3. The topological polar surface area (TPSA) is 72.3 Å². The Hall–Kier alpha value is -2.22. The van der Waals surface area contributed by atoms with Crippen LogP contribution in [-0.4, -0.2) is 34.8 Å². The van der Waals surface area contributed by atoms with Crippen molar-refractivity contribution in [3.05, 3.63) is 35.2 Å². The minimum absolute atomic E-state index is 0.0684. The molecule has 0 amide bonds. The monoisotopic (exact) mass is 300 g/mol. The highest BCUT2D eigenvalue weighted by Gasteiger charge is 2.32. The Morgan fingerprint density at radius 1 is 1.33 bits per heavy atom. The van der Waals surface area contributed by atoms with Crippen molar-refractivity contribution in [2.75, 3.05) is 13.7 Å². The Morgan fingerprint density at radius 3 is 2.62 bits per heavy atom. The number of halogens is 3. The number of pyridine rings is 2. The fourth-order valence-electron chi connectivity index (χ4n) is 1.82. The molecule has 5 nitrogen and oxygen atoms in total. The first-order valence-electron chi connectivity index (χ1n) is 5.93. The number of nitrogens with zero attached hydrogens (tertiary/aromatic N) is 2. The molecular formula is C13H11F3N2O3. The number of hydrogen-bond acceptors (Lipinski definition) is 4. The zero-order valence-corrected chi connectivity index (χ0v) is 10.9.